The summed E-state index contributed by atoms with van der Waals surface area (Å²) in [4.78, 5) is 34.5. The molecule has 1 amide bonds. The molecule has 0 atom stereocenters. The molecule has 8 nitrogen and oxygen atoms in total. The van der Waals surface area contributed by atoms with Crippen LogP contribution >= 0.6 is 11.3 Å². The number of aromatic nitrogens is 3. The SMILES string of the molecule is Cc1cccc(C)c1OCC(=O)N1CCN(c2cc(=O)n3nc(-c4ccccc4)sc3n2)CC1. The number of nitrogens with zero attached hydrogens (tertiary/aromatic N) is 5. The number of hydrogen-bond donors (Lipinski definition) is 0. The third-order valence-corrected chi connectivity index (χ3v) is 6.91. The molecule has 1 aliphatic rings. The van der Waals surface area contributed by atoms with Crippen molar-refractivity contribution in [1.82, 2.24) is 19.5 Å². The van der Waals surface area contributed by atoms with Gasteiger partial charge in [0.2, 0.25) is 4.96 Å². The molecule has 9 heteroatoms. The number of aryl methyl sites for hydroxylation is 2. The highest BCUT2D eigenvalue weighted by Gasteiger charge is 2.23. The third kappa shape index (κ3) is 4.38. The predicted octanol–water partition coefficient (Wildman–Crippen LogP) is 3.16. The third-order valence-electron chi connectivity index (χ3n) is 5.96. The molecule has 0 unspecified atom stereocenters. The van der Waals surface area contributed by atoms with Gasteiger partial charge in [-0.3, -0.25) is 9.59 Å². The van der Waals surface area contributed by atoms with E-state index in [1.54, 1.807) is 4.90 Å². The van der Waals surface area contributed by atoms with Crippen molar-refractivity contribution in [3.8, 4) is 16.3 Å². The van der Waals surface area contributed by atoms with Crippen molar-refractivity contribution in [2.75, 3.05) is 37.7 Å². The number of para-hydroxylation sites is 1. The monoisotopic (exact) mass is 475 g/mol. The Hall–Kier alpha value is -3.72. The van der Waals surface area contributed by atoms with E-state index < -0.39 is 0 Å². The van der Waals surface area contributed by atoms with Crippen LogP contribution in [-0.2, 0) is 4.79 Å². The second-order valence-corrected chi connectivity index (χ2v) is 9.25. The van der Waals surface area contributed by atoms with E-state index in [1.807, 2.05) is 67.3 Å². The highest BCUT2D eigenvalue weighted by atomic mass is 32.1. The Morgan fingerprint density at radius 1 is 1.00 bits per heavy atom. The second-order valence-electron chi connectivity index (χ2n) is 8.30. The summed E-state index contributed by atoms with van der Waals surface area (Å²) in [6.07, 6.45) is 0. The van der Waals surface area contributed by atoms with E-state index in [1.165, 1.54) is 21.9 Å². The lowest BCUT2D eigenvalue weighted by molar-refractivity contribution is -0.133. The quantitative estimate of drug-likeness (QED) is 0.441. The summed E-state index contributed by atoms with van der Waals surface area (Å²) >= 11 is 1.39. The summed E-state index contributed by atoms with van der Waals surface area (Å²) in [5, 5.41) is 5.19. The Morgan fingerprint density at radius 2 is 1.71 bits per heavy atom. The molecule has 0 radical (unpaired) electrons. The Morgan fingerprint density at radius 3 is 2.41 bits per heavy atom. The van der Waals surface area contributed by atoms with Gasteiger partial charge in [0, 0.05) is 37.8 Å². The van der Waals surface area contributed by atoms with Crippen LogP contribution in [0.25, 0.3) is 15.5 Å². The molecule has 174 valence electrons. The molecule has 34 heavy (non-hydrogen) atoms. The van der Waals surface area contributed by atoms with Crippen molar-refractivity contribution >= 4 is 28.0 Å². The number of anilines is 1. The number of piperazine rings is 1. The van der Waals surface area contributed by atoms with E-state index >= 15 is 0 Å². The number of fused-ring (bicyclic) bond motifs is 1. The first kappa shape index (κ1) is 22.1. The fraction of sp³-hybridized carbons (Fsp3) is 0.280. The number of benzene rings is 2. The largest absolute Gasteiger partial charge is 0.483 e. The molecule has 2 aromatic heterocycles. The van der Waals surface area contributed by atoms with Crippen molar-refractivity contribution in [2.45, 2.75) is 13.8 Å². The van der Waals surface area contributed by atoms with Crippen LogP contribution < -0.4 is 15.2 Å². The van der Waals surface area contributed by atoms with Crippen LogP contribution in [0.1, 0.15) is 11.1 Å². The van der Waals surface area contributed by atoms with Crippen LogP contribution in [0.4, 0.5) is 5.82 Å². The van der Waals surface area contributed by atoms with E-state index in [9.17, 15) is 9.59 Å². The van der Waals surface area contributed by atoms with E-state index in [2.05, 4.69) is 10.1 Å². The molecule has 1 aliphatic heterocycles. The van der Waals surface area contributed by atoms with Crippen molar-refractivity contribution in [3.05, 3.63) is 76.1 Å². The first-order valence-electron chi connectivity index (χ1n) is 11.2. The maximum atomic E-state index is 12.7. The smallest absolute Gasteiger partial charge is 0.277 e. The second kappa shape index (κ2) is 9.26. The lowest BCUT2D eigenvalue weighted by Gasteiger charge is -2.35. The highest BCUT2D eigenvalue weighted by Crippen LogP contribution is 2.25. The lowest BCUT2D eigenvalue weighted by atomic mass is 10.1. The van der Waals surface area contributed by atoms with Gasteiger partial charge in [0.05, 0.1) is 0 Å². The van der Waals surface area contributed by atoms with Crippen LogP contribution in [0, 0.1) is 13.8 Å². The van der Waals surface area contributed by atoms with Gasteiger partial charge in [-0.2, -0.15) is 9.61 Å². The maximum Gasteiger partial charge on any atom is 0.277 e. The van der Waals surface area contributed by atoms with Crippen LogP contribution in [0.15, 0.2) is 59.4 Å². The summed E-state index contributed by atoms with van der Waals surface area (Å²) in [5.74, 6) is 1.35. The topological polar surface area (TPSA) is 80.0 Å². The average Bonchev–Trinajstić information content (AvgIpc) is 3.29. The van der Waals surface area contributed by atoms with Gasteiger partial charge >= 0.3 is 0 Å². The number of rotatable bonds is 5. The molecule has 0 bridgehead atoms. The zero-order chi connectivity index (χ0) is 23.7. The van der Waals surface area contributed by atoms with Crippen LogP contribution in [0.2, 0.25) is 0 Å². The molecule has 2 aromatic carbocycles. The van der Waals surface area contributed by atoms with Crippen LogP contribution in [-0.4, -0.2) is 58.2 Å². The van der Waals surface area contributed by atoms with Gasteiger partial charge in [0.25, 0.3) is 11.5 Å². The predicted molar refractivity (Wildman–Crippen MR) is 133 cm³/mol. The van der Waals surface area contributed by atoms with Gasteiger partial charge in [-0.15, -0.1) is 0 Å². The molecule has 0 N–H and O–H groups in total. The first-order valence-corrected chi connectivity index (χ1v) is 12.0. The van der Waals surface area contributed by atoms with Gasteiger partial charge in [0.15, 0.2) is 6.61 Å². The summed E-state index contributed by atoms with van der Waals surface area (Å²) < 4.78 is 7.18. The molecule has 0 saturated carbocycles. The number of hydrogen-bond acceptors (Lipinski definition) is 7. The van der Waals surface area contributed by atoms with E-state index in [0.717, 1.165) is 27.4 Å². The molecule has 1 saturated heterocycles. The first-order chi connectivity index (χ1) is 16.5. The van der Waals surface area contributed by atoms with Crippen molar-refractivity contribution < 1.29 is 9.53 Å². The van der Waals surface area contributed by atoms with E-state index in [0.29, 0.717) is 37.0 Å². The minimum absolute atomic E-state index is 0.0143. The molecule has 5 rings (SSSR count). The van der Waals surface area contributed by atoms with Gasteiger partial charge in [0.1, 0.15) is 16.6 Å². The van der Waals surface area contributed by atoms with E-state index in [4.69, 9.17) is 4.74 Å². The minimum Gasteiger partial charge on any atom is -0.483 e. The average molecular weight is 476 g/mol. The van der Waals surface area contributed by atoms with Crippen LogP contribution in [0.3, 0.4) is 0 Å². The minimum atomic E-state index is -0.209. The Balaban J connectivity index is 1.25. The zero-order valence-electron chi connectivity index (χ0n) is 19.1. The Kier molecular flexibility index (Phi) is 6.02. The van der Waals surface area contributed by atoms with E-state index in [-0.39, 0.29) is 18.1 Å². The van der Waals surface area contributed by atoms with Crippen molar-refractivity contribution in [3.63, 3.8) is 0 Å². The summed E-state index contributed by atoms with van der Waals surface area (Å²) in [5.41, 5.74) is 2.78. The van der Waals surface area contributed by atoms with Gasteiger partial charge < -0.3 is 14.5 Å². The van der Waals surface area contributed by atoms with Gasteiger partial charge in [-0.25, -0.2) is 4.98 Å². The normalized spacial score (nSPS) is 13.9. The standard InChI is InChI=1S/C25H25N5O3S/c1-17-7-6-8-18(2)23(17)33-16-22(32)29-13-11-28(12-14-29)20-15-21(31)30-25(26-20)34-24(27-30)19-9-4-3-5-10-19/h3-10,15H,11-14,16H2,1-2H3. The number of amides is 1. The highest BCUT2D eigenvalue weighted by molar-refractivity contribution is 7.19. The van der Waals surface area contributed by atoms with Gasteiger partial charge in [-0.1, -0.05) is 59.9 Å². The summed E-state index contributed by atoms with van der Waals surface area (Å²) in [6, 6.07) is 17.2. The number of carbonyl (C=O) groups excluding carboxylic acids is 1. The molecule has 0 spiro atoms. The number of carbonyl (C=O) groups is 1. The number of ether oxygens (including phenoxy) is 1. The molecule has 3 heterocycles. The Labute approximate surface area is 201 Å². The van der Waals surface area contributed by atoms with Crippen LogP contribution in [0.5, 0.6) is 5.75 Å². The zero-order valence-corrected chi connectivity index (χ0v) is 19.9. The van der Waals surface area contributed by atoms with Crippen molar-refractivity contribution in [1.29, 1.82) is 0 Å². The maximum absolute atomic E-state index is 12.7. The fourth-order valence-electron chi connectivity index (χ4n) is 4.10. The molecular formula is C25H25N5O3S. The Bertz CT molecular complexity index is 1370. The lowest BCUT2D eigenvalue weighted by Crippen LogP contribution is -2.50. The molecule has 1 fully saturated rings. The van der Waals surface area contributed by atoms with Gasteiger partial charge in [-0.05, 0) is 25.0 Å². The molecule has 0 aliphatic carbocycles. The summed E-state index contributed by atoms with van der Waals surface area (Å²) in [6.45, 7) is 6.26. The fourth-order valence-corrected chi connectivity index (χ4v) is 5.00. The summed E-state index contributed by atoms with van der Waals surface area (Å²) in [7, 11) is 0. The molecule has 4 aromatic rings. The molecular weight excluding hydrogens is 450 g/mol. The van der Waals surface area contributed by atoms with Crippen molar-refractivity contribution in [2.24, 2.45) is 0 Å².